The molecule has 0 aromatic heterocycles. The molecule has 112 valence electrons. The van der Waals surface area contributed by atoms with E-state index in [0.717, 1.165) is 23.4 Å². The molecule has 0 radical (unpaired) electrons. The van der Waals surface area contributed by atoms with Crippen molar-refractivity contribution >= 4 is 11.3 Å². The standard InChI is InChI=1S/C20H27N/c1-14(2)8-9-16(5)13-21-18(7)20-11-17(6)10-19(12-20)15(3)4/h8-12,21H,3,7,13H2,1-2,4-6H3/b16-9+. The van der Waals surface area contributed by atoms with Gasteiger partial charge < -0.3 is 5.32 Å². The molecular weight excluding hydrogens is 254 g/mol. The monoisotopic (exact) mass is 281 g/mol. The molecule has 0 saturated carbocycles. The Bertz CT molecular complexity index is 596. The zero-order valence-corrected chi connectivity index (χ0v) is 14.0. The van der Waals surface area contributed by atoms with E-state index in [4.69, 9.17) is 0 Å². The Kier molecular flexibility index (Phi) is 6.23. The number of hydrogen-bond donors (Lipinski definition) is 1. The molecule has 0 saturated heterocycles. The second kappa shape index (κ2) is 7.68. The largest absolute Gasteiger partial charge is 0.381 e. The van der Waals surface area contributed by atoms with Crippen molar-refractivity contribution in [3.63, 3.8) is 0 Å². The second-order valence-electron chi connectivity index (χ2n) is 5.96. The normalized spacial score (nSPS) is 11.0. The molecule has 1 nitrogen and oxygen atoms in total. The van der Waals surface area contributed by atoms with Crippen molar-refractivity contribution in [3.05, 3.63) is 71.3 Å². The average Bonchev–Trinajstić information content (AvgIpc) is 2.41. The molecule has 1 rings (SSSR count). The summed E-state index contributed by atoms with van der Waals surface area (Å²) in [6, 6.07) is 6.44. The molecule has 1 heteroatoms. The van der Waals surface area contributed by atoms with E-state index in [-0.39, 0.29) is 0 Å². The third-order valence-electron chi connectivity index (χ3n) is 3.20. The van der Waals surface area contributed by atoms with Gasteiger partial charge in [-0.05, 0) is 63.4 Å². The summed E-state index contributed by atoms with van der Waals surface area (Å²) in [6.07, 6.45) is 4.27. The highest BCUT2D eigenvalue weighted by molar-refractivity contribution is 5.70. The van der Waals surface area contributed by atoms with Crippen LogP contribution in [-0.4, -0.2) is 6.54 Å². The Morgan fingerprint density at radius 2 is 1.62 bits per heavy atom. The zero-order valence-electron chi connectivity index (χ0n) is 14.0. The van der Waals surface area contributed by atoms with Crippen molar-refractivity contribution in [1.29, 1.82) is 0 Å². The van der Waals surface area contributed by atoms with Crippen LogP contribution >= 0.6 is 0 Å². The smallest absolute Gasteiger partial charge is 0.0360 e. The summed E-state index contributed by atoms with van der Waals surface area (Å²) in [6.45, 7) is 19.4. The van der Waals surface area contributed by atoms with E-state index in [1.165, 1.54) is 22.3 Å². The minimum Gasteiger partial charge on any atom is -0.381 e. The number of allylic oxidation sites excluding steroid dienone is 4. The summed E-state index contributed by atoms with van der Waals surface area (Å²) < 4.78 is 0. The summed E-state index contributed by atoms with van der Waals surface area (Å²) in [4.78, 5) is 0. The van der Waals surface area contributed by atoms with Crippen LogP contribution in [0.25, 0.3) is 11.3 Å². The van der Waals surface area contributed by atoms with Crippen molar-refractivity contribution in [2.24, 2.45) is 0 Å². The van der Waals surface area contributed by atoms with E-state index in [0.29, 0.717) is 0 Å². The van der Waals surface area contributed by atoms with Gasteiger partial charge in [0.2, 0.25) is 0 Å². The van der Waals surface area contributed by atoms with E-state index in [1.54, 1.807) is 0 Å². The van der Waals surface area contributed by atoms with Gasteiger partial charge in [-0.2, -0.15) is 0 Å². The van der Waals surface area contributed by atoms with Gasteiger partial charge in [0.1, 0.15) is 0 Å². The molecule has 0 bridgehead atoms. The maximum Gasteiger partial charge on any atom is 0.0360 e. The molecule has 0 aliphatic heterocycles. The van der Waals surface area contributed by atoms with E-state index in [2.05, 4.69) is 76.5 Å². The number of nitrogens with one attached hydrogen (secondary N) is 1. The molecule has 1 N–H and O–H groups in total. The molecule has 1 aromatic rings. The Balaban J connectivity index is 2.79. The number of benzene rings is 1. The minimum absolute atomic E-state index is 0.805. The van der Waals surface area contributed by atoms with Crippen molar-refractivity contribution in [1.82, 2.24) is 5.32 Å². The maximum atomic E-state index is 4.15. The first kappa shape index (κ1) is 17.0. The molecule has 1 aromatic carbocycles. The Labute approximate surface area is 129 Å². The number of aryl methyl sites for hydroxylation is 1. The fourth-order valence-electron chi connectivity index (χ4n) is 1.92. The fraction of sp³-hybridized carbons (Fsp3) is 0.300. The summed E-state index contributed by atoms with van der Waals surface area (Å²) >= 11 is 0. The van der Waals surface area contributed by atoms with E-state index < -0.39 is 0 Å². The van der Waals surface area contributed by atoms with Gasteiger partial charge in [0.15, 0.2) is 0 Å². The highest BCUT2D eigenvalue weighted by Crippen LogP contribution is 2.20. The molecule has 0 aliphatic carbocycles. The van der Waals surface area contributed by atoms with Crippen LogP contribution in [0, 0.1) is 6.92 Å². The van der Waals surface area contributed by atoms with Crippen molar-refractivity contribution in [2.45, 2.75) is 34.6 Å². The fourth-order valence-corrected chi connectivity index (χ4v) is 1.92. The molecule has 0 amide bonds. The van der Waals surface area contributed by atoms with Crippen LogP contribution in [0.2, 0.25) is 0 Å². The molecular formula is C20H27N. The summed E-state index contributed by atoms with van der Waals surface area (Å²) in [7, 11) is 0. The Morgan fingerprint density at radius 3 is 2.19 bits per heavy atom. The lowest BCUT2D eigenvalue weighted by Gasteiger charge is -2.13. The summed E-state index contributed by atoms with van der Waals surface area (Å²) in [5.74, 6) is 0. The Hall–Kier alpha value is -2.02. The van der Waals surface area contributed by atoms with Crippen molar-refractivity contribution in [2.75, 3.05) is 6.54 Å². The van der Waals surface area contributed by atoms with Crippen molar-refractivity contribution < 1.29 is 0 Å². The predicted octanol–water partition coefficient (Wildman–Crippen LogP) is 5.50. The van der Waals surface area contributed by atoms with Crippen LogP contribution in [0.4, 0.5) is 0 Å². The van der Waals surface area contributed by atoms with Gasteiger partial charge in [0, 0.05) is 12.2 Å². The van der Waals surface area contributed by atoms with E-state index >= 15 is 0 Å². The van der Waals surface area contributed by atoms with Crippen LogP contribution in [0.1, 0.15) is 44.4 Å². The lowest BCUT2D eigenvalue weighted by Crippen LogP contribution is -2.14. The zero-order chi connectivity index (χ0) is 16.0. The van der Waals surface area contributed by atoms with Gasteiger partial charge in [0.05, 0.1) is 0 Å². The van der Waals surface area contributed by atoms with Gasteiger partial charge >= 0.3 is 0 Å². The average molecular weight is 281 g/mol. The first-order valence-electron chi connectivity index (χ1n) is 7.31. The predicted molar refractivity (Wildman–Crippen MR) is 96.1 cm³/mol. The number of hydrogen-bond acceptors (Lipinski definition) is 1. The quantitative estimate of drug-likeness (QED) is 0.679. The SMILES string of the molecule is C=C(C)c1cc(C)cc(C(=C)NC/C(C)=C/C=C(C)C)c1. The van der Waals surface area contributed by atoms with Crippen LogP contribution in [-0.2, 0) is 0 Å². The van der Waals surface area contributed by atoms with Gasteiger partial charge in [-0.15, -0.1) is 0 Å². The first-order chi connectivity index (χ1) is 9.79. The molecule has 0 fully saturated rings. The van der Waals surface area contributed by atoms with Gasteiger partial charge in [-0.1, -0.05) is 48.1 Å². The van der Waals surface area contributed by atoms with Crippen LogP contribution in [0.5, 0.6) is 0 Å². The van der Waals surface area contributed by atoms with E-state index in [9.17, 15) is 0 Å². The third kappa shape index (κ3) is 5.86. The van der Waals surface area contributed by atoms with Crippen LogP contribution < -0.4 is 5.32 Å². The molecule has 0 heterocycles. The summed E-state index contributed by atoms with van der Waals surface area (Å²) in [5.41, 5.74) is 8.14. The van der Waals surface area contributed by atoms with Crippen molar-refractivity contribution in [3.8, 4) is 0 Å². The third-order valence-corrected chi connectivity index (χ3v) is 3.20. The van der Waals surface area contributed by atoms with Crippen LogP contribution in [0.3, 0.4) is 0 Å². The molecule has 21 heavy (non-hydrogen) atoms. The molecule has 0 aliphatic rings. The first-order valence-corrected chi connectivity index (χ1v) is 7.31. The van der Waals surface area contributed by atoms with Gasteiger partial charge in [-0.3, -0.25) is 0 Å². The Morgan fingerprint density at radius 1 is 1.00 bits per heavy atom. The molecule has 0 unspecified atom stereocenters. The molecule has 0 spiro atoms. The highest BCUT2D eigenvalue weighted by atomic mass is 14.9. The lowest BCUT2D eigenvalue weighted by atomic mass is 10.0. The topological polar surface area (TPSA) is 12.0 Å². The minimum atomic E-state index is 0.805. The number of rotatable bonds is 6. The summed E-state index contributed by atoms with van der Waals surface area (Å²) in [5, 5.41) is 3.39. The maximum absolute atomic E-state index is 4.15. The lowest BCUT2D eigenvalue weighted by molar-refractivity contribution is 0.957. The second-order valence-corrected chi connectivity index (χ2v) is 5.96. The van der Waals surface area contributed by atoms with Gasteiger partial charge in [-0.25, -0.2) is 0 Å². The van der Waals surface area contributed by atoms with E-state index in [1.807, 2.05) is 6.92 Å². The highest BCUT2D eigenvalue weighted by Gasteiger charge is 2.03. The van der Waals surface area contributed by atoms with Gasteiger partial charge in [0.25, 0.3) is 0 Å². The molecule has 0 atom stereocenters. The van der Waals surface area contributed by atoms with Crippen LogP contribution in [0.15, 0.2) is 54.7 Å².